The van der Waals surface area contributed by atoms with E-state index in [0.717, 1.165) is 17.2 Å². The summed E-state index contributed by atoms with van der Waals surface area (Å²) in [4.78, 5) is 1.85. The van der Waals surface area contributed by atoms with Gasteiger partial charge in [0.1, 0.15) is 0 Å². The first-order chi connectivity index (χ1) is 9.66. The molecule has 2 aromatic carbocycles. The highest BCUT2D eigenvalue weighted by Crippen LogP contribution is 2.41. The molecule has 2 nitrogen and oxygen atoms in total. The Balaban J connectivity index is 2.55. The Morgan fingerprint density at radius 1 is 0.950 bits per heavy atom. The van der Waals surface area contributed by atoms with Crippen LogP contribution in [0.15, 0.2) is 60.7 Å². The first kappa shape index (κ1) is 14.4. The highest BCUT2D eigenvalue weighted by molar-refractivity contribution is 7.83. The molecule has 0 unspecified atom stereocenters. The Morgan fingerprint density at radius 3 is 1.80 bits per heavy atom. The van der Waals surface area contributed by atoms with E-state index >= 15 is 0 Å². The molecule has 0 aliphatic heterocycles. The van der Waals surface area contributed by atoms with Crippen LogP contribution in [-0.4, -0.2) is 18.5 Å². The monoisotopic (exact) mass is 283 g/mol. The second-order valence-corrected chi connectivity index (χ2v) is 6.99. The van der Waals surface area contributed by atoms with Crippen LogP contribution in [0.5, 0.6) is 0 Å². The summed E-state index contributed by atoms with van der Waals surface area (Å²) >= 11 is 0. The van der Waals surface area contributed by atoms with E-state index in [9.17, 15) is 4.57 Å². The van der Waals surface area contributed by atoms with Crippen molar-refractivity contribution < 1.29 is 4.57 Å². The van der Waals surface area contributed by atoms with Crippen LogP contribution in [0.25, 0.3) is 0 Å². The summed E-state index contributed by atoms with van der Waals surface area (Å²) in [5, 5.41) is 1.56. The van der Waals surface area contributed by atoms with Crippen molar-refractivity contribution in [2.45, 2.75) is 6.92 Å². The molecule has 0 N–H and O–H groups in total. The third kappa shape index (κ3) is 3.13. The van der Waals surface area contributed by atoms with Gasteiger partial charge in [-0.05, 0) is 12.6 Å². The summed E-state index contributed by atoms with van der Waals surface area (Å²) in [6.45, 7) is 2.82. The van der Waals surface area contributed by atoms with E-state index < -0.39 is 7.14 Å². The van der Waals surface area contributed by atoms with Gasteiger partial charge in [0.15, 0.2) is 0 Å². The van der Waals surface area contributed by atoms with Crippen LogP contribution >= 0.6 is 7.14 Å². The summed E-state index contributed by atoms with van der Waals surface area (Å²) < 4.78 is 13.4. The molecule has 0 saturated heterocycles. The van der Waals surface area contributed by atoms with Gasteiger partial charge in [0.25, 0.3) is 0 Å². The van der Waals surface area contributed by atoms with Gasteiger partial charge in [-0.25, -0.2) is 0 Å². The fraction of sp³-hybridized carbons (Fsp3) is 0.176. The van der Waals surface area contributed by atoms with Gasteiger partial charge in [0, 0.05) is 30.2 Å². The lowest BCUT2D eigenvalue weighted by atomic mass is 10.4. The normalized spacial score (nSPS) is 10.5. The number of rotatable bonds is 3. The molecule has 0 aliphatic carbocycles. The fourth-order valence-electron chi connectivity index (χ4n) is 1.79. The van der Waals surface area contributed by atoms with Gasteiger partial charge in [-0.2, -0.15) is 0 Å². The number of hydrogen-bond acceptors (Lipinski definition) is 2. The van der Waals surface area contributed by atoms with Gasteiger partial charge in [0.2, 0.25) is 7.14 Å². The summed E-state index contributed by atoms with van der Waals surface area (Å²) in [6, 6.07) is 22.0. The van der Waals surface area contributed by atoms with Crippen LogP contribution in [0.2, 0.25) is 0 Å². The molecule has 2 aromatic rings. The quantitative estimate of drug-likeness (QED) is 0.490. The van der Waals surface area contributed by atoms with Gasteiger partial charge in [-0.3, -0.25) is 4.57 Å². The van der Waals surface area contributed by atoms with Gasteiger partial charge in [-0.1, -0.05) is 60.7 Å². The third-order valence-electron chi connectivity index (χ3n) is 3.11. The second-order valence-electron chi connectivity index (χ2n) is 4.52. The van der Waals surface area contributed by atoms with E-state index in [1.807, 2.05) is 79.5 Å². The van der Waals surface area contributed by atoms with Crippen molar-refractivity contribution in [2.75, 3.05) is 13.6 Å². The molecule has 0 radical (unpaired) electrons. The van der Waals surface area contributed by atoms with Crippen molar-refractivity contribution in [2.24, 2.45) is 0 Å². The van der Waals surface area contributed by atoms with Crippen molar-refractivity contribution in [1.29, 1.82) is 0 Å². The molecule has 2 rings (SSSR count). The standard InChI is InChI=1S/C17H18NOP/c1-3-18(2)14-15-20(19,16-10-6-4-7-11-16)17-12-8-5-9-13-17/h4-13H,3H2,1-2H3. The highest BCUT2D eigenvalue weighted by atomic mass is 31.2. The van der Waals surface area contributed by atoms with E-state index in [0.29, 0.717) is 0 Å². The average Bonchev–Trinajstić information content (AvgIpc) is 2.54. The maximum absolute atomic E-state index is 13.4. The van der Waals surface area contributed by atoms with Gasteiger partial charge >= 0.3 is 0 Å². The first-order valence-electron chi connectivity index (χ1n) is 6.62. The van der Waals surface area contributed by atoms with E-state index in [1.54, 1.807) is 0 Å². The molecular formula is C17H18NOP. The Hall–Kier alpha value is -1.97. The summed E-state index contributed by atoms with van der Waals surface area (Å²) in [5.41, 5.74) is 3.01. The molecule has 0 fully saturated rings. The van der Waals surface area contributed by atoms with Crippen LogP contribution < -0.4 is 10.6 Å². The predicted octanol–water partition coefficient (Wildman–Crippen LogP) is 2.87. The Bertz CT molecular complexity index is 612. The summed E-state index contributed by atoms with van der Waals surface area (Å²) in [6.07, 6.45) is 0. The molecule has 0 saturated carbocycles. The fourth-order valence-corrected chi connectivity index (χ4v) is 3.84. The van der Waals surface area contributed by atoms with Crippen LogP contribution in [0.4, 0.5) is 0 Å². The highest BCUT2D eigenvalue weighted by Gasteiger charge is 2.24. The molecular weight excluding hydrogens is 265 g/mol. The molecule has 0 amide bonds. The van der Waals surface area contributed by atoms with Gasteiger partial charge < -0.3 is 4.90 Å². The van der Waals surface area contributed by atoms with Crippen LogP contribution in [0, 0.1) is 11.7 Å². The van der Waals surface area contributed by atoms with Crippen molar-refractivity contribution in [3.8, 4) is 11.7 Å². The first-order valence-corrected chi connectivity index (χ1v) is 8.33. The minimum atomic E-state index is -2.89. The minimum Gasteiger partial charge on any atom is -0.336 e. The van der Waals surface area contributed by atoms with Crippen molar-refractivity contribution in [3.05, 3.63) is 60.7 Å². The molecule has 3 heteroatoms. The molecule has 0 aromatic heterocycles. The zero-order valence-electron chi connectivity index (χ0n) is 11.8. The molecule has 0 atom stereocenters. The number of hydrogen-bond donors (Lipinski definition) is 0. The zero-order chi connectivity index (χ0) is 14.4. The maximum Gasteiger partial charge on any atom is 0.212 e. The molecule has 102 valence electrons. The van der Waals surface area contributed by atoms with Crippen molar-refractivity contribution in [1.82, 2.24) is 4.90 Å². The minimum absolute atomic E-state index is 0.781. The summed E-state index contributed by atoms with van der Waals surface area (Å²) in [5.74, 6) is 0. The number of nitrogens with zero attached hydrogens (tertiary/aromatic N) is 1. The lowest BCUT2D eigenvalue weighted by molar-refractivity contribution is 0.512. The van der Waals surface area contributed by atoms with E-state index in [1.165, 1.54) is 0 Å². The average molecular weight is 283 g/mol. The smallest absolute Gasteiger partial charge is 0.212 e. The number of benzene rings is 2. The Labute approximate surface area is 120 Å². The largest absolute Gasteiger partial charge is 0.336 e. The van der Waals surface area contributed by atoms with Gasteiger partial charge in [0.05, 0.1) is 0 Å². The SMILES string of the molecule is CCN(C)C#CP(=O)(c1ccccc1)c1ccccc1. The van der Waals surface area contributed by atoms with Crippen LogP contribution in [0.3, 0.4) is 0 Å². The zero-order valence-corrected chi connectivity index (χ0v) is 12.7. The van der Waals surface area contributed by atoms with Crippen molar-refractivity contribution >= 4 is 17.8 Å². The predicted molar refractivity (Wildman–Crippen MR) is 85.8 cm³/mol. The lowest BCUT2D eigenvalue weighted by Gasteiger charge is -2.13. The second kappa shape index (κ2) is 6.46. The molecule has 0 heterocycles. The lowest BCUT2D eigenvalue weighted by Crippen LogP contribution is -2.16. The summed E-state index contributed by atoms with van der Waals surface area (Å²) in [7, 11) is -0.998. The Kier molecular flexibility index (Phi) is 4.66. The van der Waals surface area contributed by atoms with Crippen LogP contribution in [0.1, 0.15) is 6.92 Å². The van der Waals surface area contributed by atoms with Crippen molar-refractivity contribution in [3.63, 3.8) is 0 Å². The molecule has 0 spiro atoms. The van der Waals surface area contributed by atoms with Crippen LogP contribution in [-0.2, 0) is 4.57 Å². The molecule has 0 aliphatic rings. The Morgan fingerprint density at radius 2 is 1.40 bits per heavy atom. The molecule has 0 bridgehead atoms. The third-order valence-corrected chi connectivity index (χ3v) is 5.58. The van der Waals surface area contributed by atoms with E-state index in [2.05, 4.69) is 11.7 Å². The topological polar surface area (TPSA) is 20.3 Å². The van der Waals surface area contributed by atoms with E-state index in [4.69, 9.17) is 0 Å². The van der Waals surface area contributed by atoms with E-state index in [-0.39, 0.29) is 0 Å². The maximum atomic E-state index is 13.4. The van der Waals surface area contributed by atoms with Gasteiger partial charge in [-0.15, -0.1) is 0 Å². The molecule has 20 heavy (non-hydrogen) atoms.